The van der Waals surface area contributed by atoms with Crippen molar-refractivity contribution in [2.75, 3.05) is 11.9 Å². The van der Waals surface area contributed by atoms with E-state index in [0.717, 1.165) is 12.6 Å². The van der Waals surface area contributed by atoms with Gasteiger partial charge >= 0.3 is 5.69 Å². The number of nitrogens with zero attached hydrogens (tertiary/aromatic N) is 3. The van der Waals surface area contributed by atoms with Gasteiger partial charge in [0.05, 0.1) is 11.0 Å². The number of nitrogens with one attached hydrogen (secondary N) is 1. The zero-order valence-electron chi connectivity index (χ0n) is 10.1. The predicted octanol–water partition coefficient (Wildman–Crippen LogP) is 1.99. The Morgan fingerprint density at radius 1 is 1.59 bits per heavy atom. The summed E-state index contributed by atoms with van der Waals surface area (Å²) in [6.07, 6.45) is 1.78. The lowest BCUT2D eigenvalue weighted by Crippen LogP contribution is -2.13. The van der Waals surface area contributed by atoms with Crippen LogP contribution in [-0.4, -0.2) is 27.5 Å². The first-order valence-electron chi connectivity index (χ1n) is 5.50. The standard InChI is InChI=1S/C10H16N4O3/c1-4-7(3)17-9-8(14(15)16)6-12-10(13-9)11-5-2/h6-7H,4-5H2,1-3H3,(H,11,12,13). The summed E-state index contributed by atoms with van der Waals surface area (Å²) < 4.78 is 5.41. The van der Waals surface area contributed by atoms with Gasteiger partial charge in [0.25, 0.3) is 5.88 Å². The van der Waals surface area contributed by atoms with E-state index in [9.17, 15) is 10.1 Å². The fraction of sp³-hybridized carbons (Fsp3) is 0.600. The number of hydrogen-bond donors (Lipinski definition) is 1. The SMILES string of the molecule is CCNc1ncc([N+](=O)[O-])c(OC(C)CC)n1. The second-order valence-electron chi connectivity index (χ2n) is 3.51. The maximum Gasteiger partial charge on any atom is 0.349 e. The Morgan fingerprint density at radius 2 is 2.29 bits per heavy atom. The molecule has 0 aliphatic heterocycles. The van der Waals surface area contributed by atoms with Crippen LogP contribution in [0.25, 0.3) is 0 Å². The monoisotopic (exact) mass is 240 g/mol. The Balaban J connectivity index is 3.02. The van der Waals surface area contributed by atoms with Gasteiger partial charge in [-0.15, -0.1) is 0 Å². The Labute approximate surface area is 99.4 Å². The summed E-state index contributed by atoms with van der Waals surface area (Å²) in [5.41, 5.74) is -0.216. The topological polar surface area (TPSA) is 90.2 Å². The molecule has 1 unspecified atom stereocenters. The van der Waals surface area contributed by atoms with Gasteiger partial charge < -0.3 is 10.1 Å². The average Bonchev–Trinajstić information content (AvgIpc) is 2.29. The van der Waals surface area contributed by atoms with Crippen molar-refractivity contribution in [3.63, 3.8) is 0 Å². The third-order valence-electron chi connectivity index (χ3n) is 2.16. The lowest BCUT2D eigenvalue weighted by Gasteiger charge is -2.12. The molecule has 1 heterocycles. The molecule has 1 rings (SSSR count). The summed E-state index contributed by atoms with van der Waals surface area (Å²) >= 11 is 0. The lowest BCUT2D eigenvalue weighted by atomic mass is 10.3. The molecule has 0 bridgehead atoms. The average molecular weight is 240 g/mol. The van der Waals surface area contributed by atoms with Crippen molar-refractivity contribution in [1.29, 1.82) is 0 Å². The van der Waals surface area contributed by atoms with Crippen molar-refractivity contribution in [1.82, 2.24) is 9.97 Å². The molecule has 1 aromatic rings. The van der Waals surface area contributed by atoms with Crippen LogP contribution in [0.4, 0.5) is 11.6 Å². The highest BCUT2D eigenvalue weighted by Gasteiger charge is 2.20. The third kappa shape index (κ3) is 3.54. The molecule has 0 amide bonds. The van der Waals surface area contributed by atoms with Crippen LogP contribution in [0.3, 0.4) is 0 Å². The minimum atomic E-state index is -0.548. The summed E-state index contributed by atoms with van der Waals surface area (Å²) in [7, 11) is 0. The molecular formula is C10H16N4O3. The largest absolute Gasteiger partial charge is 0.470 e. The van der Waals surface area contributed by atoms with Crippen LogP contribution in [0.1, 0.15) is 27.2 Å². The van der Waals surface area contributed by atoms with Crippen LogP contribution in [0.2, 0.25) is 0 Å². The van der Waals surface area contributed by atoms with E-state index in [-0.39, 0.29) is 17.7 Å². The molecule has 17 heavy (non-hydrogen) atoms. The highest BCUT2D eigenvalue weighted by atomic mass is 16.6. The van der Waals surface area contributed by atoms with Crippen LogP contribution in [-0.2, 0) is 0 Å². The number of hydrogen-bond acceptors (Lipinski definition) is 6. The van der Waals surface area contributed by atoms with Crippen LogP contribution in [0.5, 0.6) is 5.88 Å². The van der Waals surface area contributed by atoms with Gasteiger partial charge in [0.15, 0.2) is 0 Å². The fourth-order valence-corrected chi connectivity index (χ4v) is 1.09. The minimum Gasteiger partial charge on any atom is -0.470 e. The zero-order chi connectivity index (χ0) is 12.8. The molecule has 0 aliphatic rings. The minimum absolute atomic E-state index is 0.00954. The fourth-order valence-electron chi connectivity index (χ4n) is 1.09. The normalized spacial score (nSPS) is 11.9. The molecule has 0 spiro atoms. The van der Waals surface area contributed by atoms with Gasteiger partial charge in [-0.25, -0.2) is 4.98 Å². The number of nitro groups is 1. The van der Waals surface area contributed by atoms with Crippen molar-refractivity contribution in [3.8, 4) is 5.88 Å². The van der Waals surface area contributed by atoms with Crippen molar-refractivity contribution in [3.05, 3.63) is 16.3 Å². The molecule has 0 saturated carbocycles. The van der Waals surface area contributed by atoms with E-state index >= 15 is 0 Å². The van der Waals surface area contributed by atoms with E-state index in [2.05, 4.69) is 15.3 Å². The lowest BCUT2D eigenvalue weighted by molar-refractivity contribution is -0.386. The van der Waals surface area contributed by atoms with Crippen molar-refractivity contribution in [2.24, 2.45) is 0 Å². The van der Waals surface area contributed by atoms with E-state index in [1.165, 1.54) is 0 Å². The highest BCUT2D eigenvalue weighted by molar-refractivity contribution is 5.43. The van der Waals surface area contributed by atoms with Gasteiger partial charge in [-0.2, -0.15) is 4.98 Å². The van der Waals surface area contributed by atoms with E-state index < -0.39 is 4.92 Å². The van der Waals surface area contributed by atoms with Crippen molar-refractivity contribution >= 4 is 11.6 Å². The summed E-state index contributed by atoms with van der Waals surface area (Å²) in [5.74, 6) is 0.340. The molecule has 1 atom stereocenters. The molecule has 0 fully saturated rings. The third-order valence-corrected chi connectivity index (χ3v) is 2.16. The molecule has 7 heteroatoms. The molecule has 94 valence electrons. The van der Waals surface area contributed by atoms with Gasteiger partial charge in [0.2, 0.25) is 5.95 Å². The summed E-state index contributed by atoms with van der Waals surface area (Å²) in [5, 5.41) is 13.7. The number of rotatable bonds is 6. The number of aromatic nitrogens is 2. The van der Waals surface area contributed by atoms with Crippen LogP contribution in [0.15, 0.2) is 6.20 Å². The first-order valence-corrected chi connectivity index (χ1v) is 5.50. The molecule has 1 N–H and O–H groups in total. The summed E-state index contributed by atoms with van der Waals surface area (Å²) in [4.78, 5) is 18.1. The molecule has 7 nitrogen and oxygen atoms in total. The van der Waals surface area contributed by atoms with Gasteiger partial charge in [-0.05, 0) is 20.3 Å². The van der Waals surface area contributed by atoms with Crippen molar-refractivity contribution < 1.29 is 9.66 Å². The van der Waals surface area contributed by atoms with E-state index in [0.29, 0.717) is 12.5 Å². The van der Waals surface area contributed by atoms with Crippen LogP contribution < -0.4 is 10.1 Å². The van der Waals surface area contributed by atoms with Gasteiger partial charge in [-0.3, -0.25) is 10.1 Å². The van der Waals surface area contributed by atoms with E-state index in [1.54, 1.807) is 0 Å². The zero-order valence-corrected chi connectivity index (χ0v) is 10.1. The first-order chi connectivity index (χ1) is 8.08. The van der Waals surface area contributed by atoms with E-state index in [4.69, 9.17) is 4.74 Å². The first kappa shape index (κ1) is 13.1. The van der Waals surface area contributed by atoms with Gasteiger partial charge in [-0.1, -0.05) is 6.92 Å². The maximum absolute atomic E-state index is 10.8. The number of ether oxygens (including phenoxy) is 1. The quantitative estimate of drug-likeness (QED) is 0.604. The highest BCUT2D eigenvalue weighted by Crippen LogP contribution is 2.25. The smallest absolute Gasteiger partial charge is 0.349 e. The molecular weight excluding hydrogens is 224 g/mol. The molecule has 0 saturated heterocycles. The molecule has 1 aromatic heterocycles. The van der Waals surface area contributed by atoms with Crippen molar-refractivity contribution in [2.45, 2.75) is 33.3 Å². The second kappa shape index (κ2) is 5.97. The maximum atomic E-state index is 10.8. The Bertz CT molecular complexity index is 397. The van der Waals surface area contributed by atoms with Crippen LogP contribution in [0, 0.1) is 10.1 Å². The summed E-state index contributed by atoms with van der Waals surface area (Å²) in [6.45, 7) is 6.29. The molecule has 0 aliphatic carbocycles. The molecule has 0 aromatic carbocycles. The molecule has 0 radical (unpaired) electrons. The number of anilines is 1. The Morgan fingerprint density at radius 3 is 2.82 bits per heavy atom. The summed E-state index contributed by atoms with van der Waals surface area (Å²) in [6, 6.07) is 0. The Hall–Kier alpha value is -1.92. The van der Waals surface area contributed by atoms with Gasteiger partial charge in [0.1, 0.15) is 6.20 Å². The van der Waals surface area contributed by atoms with Gasteiger partial charge in [0, 0.05) is 6.54 Å². The second-order valence-corrected chi connectivity index (χ2v) is 3.51. The van der Waals surface area contributed by atoms with Crippen LogP contribution >= 0.6 is 0 Å². The Kier molecular flexibility index (Phi) is 4.62. The predicted molar refractivity (Wildman–Crippen MR) is 63.2 cm³/mol. The van der Waals surface area contributed by atoms with E-state index in [1.807, 2.05) is 20.8 Å².